The van der Waals surface area contributed by atoms with Crippen LogP contribution in [0, 0.1) is 13.8 Å². The Morgan fingerprint density at radius 2 is 1.83 bits per heavy atom. The number of carbonyl (C=O) groups is 1. The van der Waals surface area contributed by atoms with Crippen LogP contribution < -0.4 is 16.1 Å². The fraction of sp³-hybridized carbons (Fsp3) is 0.167. The first kappa shape index (κ1) is 20.0. The average Bonchev–Trinajstić information content (AvgIpc) is 2.74. The first-order valence-corrected chi connectivity index (χ1v) is 10.2. The van der Waals surface area contributed by atoms with E-state index in [9.17, 15) is 4.79 Å². The van der Waals surface area contributed by atoms with Gasteiger partial charge >= 0.3 is 6.03 Å². The number of urea groups is 1. The molecule has 3 aromatic rings. The first-order valence-electron chi connectivity index (χ1n) is 9.82. The predicted octanol–water partition coefficient (Wildman–Crippen LogP) is 6.04. The molecule has 0 saturated carbocycles. The van der Waals surface area contributed by atoms with Crippen molar-refractivity contribution in [1.82, 2.24) is 5.43 Å². The molecule has 6 heteroatoms. The summed E-state index contributed by atoms with van der Waals surface area (Å²) in [4.78, 5) is 12.4. The van der Waals surface area contributed by atoms with Gasteiger partial charge in [-0.15, -0.1) is 0 Å². The van der Waals surface area contributed by atoms with E-state index in [0.29, 0.717) is 11.4 Å². The van der Waals surface area contributed by atoms with Crippen molar-refractivity contribution in [1.29, 1.82) is 0 Å². The van der Waals surface area contributed by atoms with E-state index in [2.05, 4.69) is 21.2 Å². The molecule has 1 aliphatic heterocycles. The Morgan fingerprint density at radius 1 is 1.07 bits per heavy atom. The molecular formula is C24H23ClN4O. The molecule has 1 aliphatic rings. The molecule has 1 atom stereocenters. The molecular weight excluding hydrogens is 396 g/mol. The van der Waals surface area contributed by atoms with Gasteiger partial charge in [0.25, 0.3) is 0 Å². The third-order valence-corrected chi connectivity index (χ3v) is 5.41. The lowest BCUT2D eigenvalue weighted by Crippen LogP contribution is -2.29. The van der Waals surface area contributed by atoms with Gasteiger partial charge in [-0.05, 0) is 49.2 Å². The number of anilines is 2. The number of nitrogens with zero attached hydrogens (tertiary/aromatic N) is 1. The van der Waals surface area contributed by atoms with Crippen LogP contribution >= 0.6 is 11.6 Å². The third kappa shape index (κ3) is 4.47. The number of hydrogen-bond acceptors (Lipinski definition) is 3. The minimum atomic E-state index is -0.367. The summed E-state index contributed by atoms with van der Waals surface area (Å²) in [5.41, 5.74) is 9.48. The van der Waals surface area contributed by atoms with Crippen molar-refractivity contribution >= 4 is 34.7 Å². The number of carbonyl (C=O) groups excluding carboxylic acids is 1. The average molecular weight is 419 g/mol. The predicted molar refractivity (Wildman–Crippen MR) is 123 cm³/mol. The monoisotopic (exact) mass is 418 g/mol. The topological polar surface area (TPSA) is 65.5 Å². The molecule has 0 radical (unpaired) electrons. The van der Waals surface area contributed by atoms with Crippen LogP contribution in [0.15, 0.2) is 71.8 Å². The maximum atomic E-state index is 12.4. The Balaban J connectivity index is 1.54. The third-order valence-electron chi connectivity index (χ3n) is 5.16. The van der Waals surface area contributed by atoms with Gasteiger partial charge in [-0.3, -0.25) is 0 Å². The van der Waals surface area contributed by atoms with Gasteiger partial charge in [-0.1, -0.05) is 59.6 Å². The van der Waals surface area contributed by atoms with E-state index in [1.54, 1.807) is 0 Å². The Kier molecular flexibility index (Phi) is 5.72. The zero-order valence-corrected chi connectivity index (χ0v) is 17.6. The number of benzene rings is 3. The number of para-hydroxylation sites is 1. The number of fused-ring (bicyclic) bond motifs is 1. The Morgan fingerprint density at radius 3 is 2.60 bits per heavy atom. The Hall–Kier alpha value is -3.31. The summed E-state index contributed by atoms with van der Waals surface area (Å²) in [6, 6.07) is 21.3. The molecule has 3 N–H and O–H groups in total. The summed E-state index contributed by atoms with van der Waals surface area (Å²) in [5, 5.41) is 11.6. The highest BCUT2D eigenvalue weighted by atomic mass is 35.5. The number of rotatable bonds is 3. The van der Waals surface area contributed by atoms with Gasteiger partial charge < -0.3 is 10.6 Å². The molecule has 2 amide bonds. The molecule has 0 aliphatic carbocycles. The summed E-state index contributed by atoms with van der Waals surface area (Å²) in [5.74, 6) is 0. The van der Waals surface area contributed by atoms with Crippen LogP contribution in [0.3, 0.4) is 0 Å². The van der Waals surface area contributed by atoms with Gasteiger partial charge in [0.15, 0.2) is 0 Å². The summed E-state index contributed by atoms with van der Waals surface area (Å²) in [6.45, 7) is 3.99. The molecule has 0 saturated heterocycles. The van der Waals surface area contributed by atoms with E-state index in [1.165, 1.54) is 0 Å². The van der Waals surface area contributed by atoms with E-state index < -0.39 is 0 Å². The zero-order chi connectivity index (χ0) is 21.1. The maximum Gasteiger partial charge on any atom is 0.339 e. The molecule has 0 aromatic heterocycles. The fourth-order valence-corrected chi connectivity index (χ4v) is 3.75. The SMILES string of the molecule is Cc1ccc(NC(=O)NN=C2CC(c3ccc(Cl)cc3)Nc3ccccc32)c(C)c1. The second kappa shape index (κ2) is 8.59. The standard InChI is InChI=1S/C24H23ClN4O/c1-15-7-12-20(16(2)13-15)27-24(30)29-28-23-14-22(17-8-10-18(25)11-9-17)26-21-6-4-3-5-19(21)23/h3-13,22,26H,14H2,1-2H3,(H2,27,29,30). The van der Waals surface area contributed by atoms with Gasteiger partial charge in [0.05, 0.1) is 11.8 Å². The van der Waals surface area contributed by atoms with Crippen molar-refractivity contribution < 1.29 is 4.79 Å². The van der Waals surface area contributed by atoms with Crippen molar-refractivity contribution in [2.75, 3.05) is 10.6 Å². The number of amides is 2. The Bertz CT molecular complexity index is 1110. The highest BCUT2D eigenvalue weighted by Gasteiger charge is 2.24. The lowest BCUT2D eigenvalue weighted by Gasteiger charge is -2.28. The fourth-order valence-electron chi connectivity index (χ4n) is 3.63. The molecule has 3 aromatic carbocycles. The molecule has 5 nitrogen and oxygen atoms in total. The number of nitrogens with one attached hydrogen (secondary N) is 3. The van der Waals surface area contributed by atoms with Gasteiger partial charge in [0.2, 0.25) is 0 Å². The van der Waals surface area contributed by atoms with Crippen LogP contribution in [-0.2, 0) is 0 Å². The van der Waals surface area contributed by atoms with E-state index in [4.69, 9.17) is 11.6 Å². The summed E-state index contributed by atoms with van der Waals surface area (Å²) < 4.78 is 0. The van der Waals surface area contributed by atoms with Crippen LogP contribution in [0.25, 0.3) is 0 Å². The van der Waals surface area contributed by atoms with Crippen molar-refractivity contribution in [3.63, 3.8) is 0 Å². The second-order valence-corrected chi connectivity index (χ2v) is 7.88. The molecule has 1 heterocycles. The van der Waals surface area contributed by atoms with E-state index in [-0.39, 0.29) is 12.1 Å². The quantitative estimate of drug-likeness (QED) is 0.454. The second-order valence-electron chi connectivity index (χ2n) is 7.44. The van der Waals surface area contributed by atoms with Crippen LogP contribution in [0.4, 0.5) is 16.2 Å². The van der Waals surface area contributed by atoms with E-state index in [0.717, 1.165) is 39.3 Å². The van der Waals surface area contributed by atoms with E-state index >= 15 is 0 Å². The zero-order valence-electron chi connectivity index (χ0n) is 16.9. The highest BCUT2D eigenvalue weighted by molar-refractivity contribution is 6.30. The van der Waals surface area contributed by atoms with Crippen LogP contribution in [0.2, 0.25) is 5.02 Å². The van der Waals surface area contributed by atoms with Crippen LogP contribution in [0.5, 0.6) is 0 Å². The van der Waals surface area contributed by atoms with Crippen LogP contribution in [0.1, 0.15) is 34.7 Å². The normalized spacial score (nSPS) is 16.5. The highest BCUT2D eigenvalue weighted by Crippen LogP contribution is 2.33. The summed E-state index contributed by atoms with van der Waals surface area (Å²) >= 11 is 6.03. The number of hydrogen-bond donors (Lipinski definition) is 3. The van der Waals surface area contributed by atoms with Crippen molar-refractivity contribution in [3.05, 3.63) is 94.0 Å². The molecule has 4 rings (SSSR count). The summed E-state index contributed by atoms with van der Waals surface area (Å²) in [7, 11) is 0. The molecule has 152 valence electrons. The molecule has 0 fully saturated rings. The van der Waals surface area contributed by atoms with Crippen molar-refractivity contribution in [2.24, 2.45) is 5.10 Å². The van der Waals surface area contributed by atoms with Crippen LogP contribution in [-0.4, -0.2) is 11.7 Å². The molecule has 0 bridgehead atoms. The molecule has 1 unspecified atom stereocenters. The number of hydrazone groups is 1. The first-order chi connectivity index (χ1) is 14.5. The van der Waals surface area contributed by atoms with Crippen molar-refractivity contribution in [3.8, 4) is 0 Å². The van der Waals surface area contributed by atoms with Gasteiger partial charge in [-0.2, -0.15) is 5.10 Å². The van der Waals surface area contributed by atoms with E-state index in [1.807, 2.05) is 80.6 Å². The number of halogens is 1. The smallest absolute Gasteiger partial charge is 0.339 e. The molecule has 0 spiro atoms. The Labute approximate surface area is 181 Å². The lowest BCUT2D eigenvalue weighted by atomic mass is 9.92. The summed E-state index contributed by atoms with van der Waals surface area (Å²) in [6.07, 6.45) is 0.641. The van der Waals surface area contributed by atoms with Crippen molar-refractivity contribution in [2.45, 2.75) is 26.3 Å². The largest absolute Gasteiger partial charge is 0.377 e. The van der Waals surface area contributed by atoms with Gasteiger partial charge in [-0.25, -0.2) is 10.2 Å². The molecule has 30 heavy (non-hydrogen) atoms. The van der Waals surface area contributed by atoms with Gasteiger partial charge in [0.1, 0.15) is 0 Å². The lowest BCUT2D eigenvalue weighted by molar-refractivity contribution is 0.252. The van der Waals surface area contributed by atoms with Gasteiger partial charge in [0, 0.05) is 28.4 Å². The maximum absolute atomic E-state index is 12.4. The number of aryl methyl sites for hydroxylation is 2. The minimum absolute atomic E-state index is 0.0418. The minimum Gasteiger partial charge on any atom is -0.377 e.